The molecule has 0 atom stereocenters. The third kappa shape index (κ3) is 7.64. The Morgan fingerprint density at radius 3 is 2.43 bits per heavy atom. The van der Waals surface area contributed by atoms with Crippen molar-refractivity contribution < 1.29 is 14.5 Å². The highest BCUT2D eigenvalue weighted by atomic mass is 16.6. The van der Waals surface area contributed by atoms with Crippen LogP contribution in [0.4, 0.5) is 22.1 Å². The third-order valence-corrected chi connectivity index (χ3v) is 8.69. The number of anilines is 2. The predicted molar refractivity (Wildman–Crippen MR) is 192 cm³/mol. The second-order valence-electron chi connectivity index (χ2n) is 12.0. The molecule has 256 valence electrons. The molecule has 6 aromatic rings. The first-order valence-electron chi connectivity index (χ1n) is 16.5. The van der Waals surface area contributed by atoms with Gasteiger partial charge in [-0.2, -0.15) is 0 Å². The lowest BCUT2D eigenvalue weighted by atomic mass is 10.1. The first-order valence-corrected chi connectivity index (χ1v) is 16.5. The lowest BCUT2D eigenvalue weighted by Gasteiger charge is -2.35. The van der Waals surface area contributed by atoms with Gasteiger partial charge >= 0.3 is 6.03 Å². The number of nitro groups is 1. The Bertz CT molecular complexity index is 2200. The van der Waals surface area contributed by atoms with Crippen LogP contribution >= 0.6 is 0 Å². The van der Waals surface area contributed by atoms with Crippen LogP contribution < -0.4 is 15.5 Å². The summed E-state index contributed by atoms with van der Waals surface area (Å²) in [6, 6.07) is 31.0. The van der Waals surface area contributed by atoms with E-state index >= 15 is 0 Å². The number of nitrogens with zero attached hydrogens (tertiary/aromatic N) is 8. The van der Waals surface area contributed by atoms with Crippen molar-refractivity contribution in [1.29, 1.82) is 0 Å². The van der Waals surface area contributed by atoms with Crippen LogP contribution in [-0.4, -0.2) is 72.9 Å². The number of rotatable bonds is 10. The number of fused-ring (bicyclic) bond motifs is 1. The van der Waals surface area contributed by atoms with Gasteiger partial charge in [0.05, 0.1) is 34.6 Å². The van der Waals surface area contributed by atoms with Gasteiger partial charge in [0.15, 0.2) is 0 Å². The topological polar surface area (TPSA) is 164 Å². The highest BCUT2D eigenvalue weighted by molar-refractivity contribution is 5.93. The third-order valence-electron chi connectivity index (χ3n) is 8.69. The number of amides is 3. The second-order valence-corrected chi connectivity index (χ2v) is 12.0. The molecule has 0 aliphatic carbocycles. The molecule has 0 saturated carbocycles. The van der Waals surface area contributed by atoms with Gasteiger partial charge in [0.25, 0.3) is 5.69 Å². The zero-order valence-electron chi connectivity index (χ0n) is 27.6. The molecule has 1 fully saturated rings. The van der Waals surface area contributed by atoms with Crippen molar-refractivity contribution in [1.82, 2.24) is 35.2 Å². The number of piperazine rings is 1. The summed E-state index contributed by atoms with van der Waals surface area (Å²) < 4.78 is 1.63. The van der Waals surface area contributed by atoms with Crippen LogP contribution in [0.15, 0.2) is 109 Å². The van der Waals surface area contributed by atoms with E-state index in [9.17, 15) is 19.7 Å². The molecule has 1 aliphatic heterocycles. The maximum atomic E-state index is 13.4. The monoisotopic (exact) mass is 682 g/mol. The van der Waals surface area contributed by atoms with Crippen LogP contribution in [0.1, 0.15) is 17.7 Å². The molecule has 14 heteroatoms. The van der Waals surface area contributed by atoms with Crippen LogP contribution in [0.2, 0.25) is 0 Å². The molecular formula is C37H34N10O4. The molecule has 3 amide bonds. The summed E-state index contributed by atoms with van der Waals surface area (Å²) in [7, 11) is 0. The molecule has 2 N–H and O–H groups in total. The predicted octanol–water partition coefficient (Wildman–Crippen LogP) is 5.39. The number of nitro benzene ring substituents is 1. The van der Waals surface area contributed by atoms with E-state index in [1.54, 1.807) is 16.9 Å². The van der Waals surface area contributed by atoms with E-state index in [0.29, 0.717) is 56.4 Å². The van der Waals surface area contributed by atoms with Gasteiger partial charge in [-0.05, 0) is 30.2 Å². The molecule has 0 radical (unpaired) electrons. The van der Waals surface area contributed by atoms with Crippen LogP contribution in [0.5, 0.6) is 0 Å². The largest absolute Gasteiger partial charge is 0.339 e. The Kier molecular flexibility index (Phi) is 9.54. The van der Waals surface area contributed by atoms with Crippen molar-refractivity contribution in [2.75, 3.05) is 36.4 Å². The summed E-state index contributed by atoms with van der Waals surface area (Å²) in [5.41, 5.74) is 5.24. The van der Waals surface area contributed by atoms with Gasteiger partial charge < -0.3 is 20.4 Å². The second kappa shape index (κ2) is 14.8. The van der Waals surface area contributed by atoms with Crippen LogP contribution in [0, 0.1) is 10.1 Å². The number of carbonyl (C=O) groups is 2. The molecule has 14 nitrogen and oxygen atoms in total. The molecule has 2 aromatic heterocycles. The van der Waals surface area contributed by atoms with Crippen molar-refractivity contribution in [3.63, 3.8) is 0 Å². The Balaban J connectivity index is 0.939. The van der Waals surface area contributed by atoms with Crippen LogP contribution in [-0.2, 0) is 17.8 Å². The van der Waals surface area contributed by atoms with Crippen LogP contribution in [0.25, 0.3) is 27.8 Å². The van der Waals surface area contributed by atoms with Gasteiger partial charge in [0.1, 0.15) is 5.69 Å². The minimum absolute atomic E-state index is 0.0760. The van der Waals surface area contributed by atoms with E-state index in [2.05, 4.69) is 38.0 Å². The number of carbonyl (C=O) groups excluding carboxylic acids is 2. The van der Waals surface area contributed by atoms with E-state index in [4.69, 9.17) is 9.97 Å². The highest BCUT2D eigenvalue weighted by Crippen LogP contribution is 2.28. The lowest BCUT2D eigenvalue weighted by Crippen LogP contribution is -2.49. The van der Waals surface area contributed by atoms with Crippen molar-refractivity contribution in [2.45, 2.75) is 19.4 Å². The number of aromatic nitrogens is 5. The normalized spacial score (nSPS) is 12.9. The number of aryl methyl sites for hydroxylation is 1. The fourth-order valence-corrected chi connectivity index (χ4v) is 6.06. The molecule has 3 heterocycles. The average Bonchev–Trinajstić information content (AvgIpc) is 3.65. The van der Waals surface area contributed by atoms with Crippen molar-refractivity contribution >= 4 is 40.2 Å². The Morgan fingerprint density at radius 2 is 1.61 bits per heavy atom. The van der Waals surface area contributed by atoms with Gasteiger partial charge in [-0.25, -0.2) is 19.4 Å². The minimum Gasteiger partial charge on any atom is -0.339 e. The number of urea groups is 1. The smallest absolute Gasteiger partial charge is 0.319 e. The molecule has 1 saturated heterocycles. The van der Waals surface area contributed by atoms with E-state index in [1.807, 2.05) is 71.6 Å². The fraction of sp³-hybridized carbons (Fsp3) is 0.189. The first-order chi connectivity index (χ1) is 24.9. The summed E-state index contributed by atoms with van der Waals surface area (Å²) in [6.07, 6.45) is 2.57. The number of hydrogen-bond donors (Lipinski definition) is 2. The minimum atomic E-state index is -0.536. The lowest BCUT2D eigenvalue weighted by molar-refractivity contribution is -0.384. The van der Waals surface area contributed by atoms with Crippen molar-refractivity contribution in [2.24, 2.45) is 0 Å². The summed E-state index contributed by atoms with van der Waals surface area (Å²) in [5.74, 6) is 0.742. The average molecular weight is 683 g/mol. The van der Waals surface area contributed by atoms with E-state index in [0.717, 1.165) is 33.4 Å². The van der Waals surface area contributed by atoms with E-state index in [1.165, 1.54) is 18.2 Å². The number of hydrogen-bond acceptors (Lipinski definition) is 9. The van der Waals surface area contributed by atoms with Gasteiger partial charge in [0.2, 0.25) is 11.9 Å². The molecule has 7 rings (SSSR count). The summed E-state index contributed by atoms with van der Waals surface area (Å²) >= 11 is 0. The SMILES string of the molecule is O=C(NCc1cn(-c2ccccc2CCC(=O)N2CCN(c3nc(-c4ccccc4)c4ccccc4n3)CC2)nn1)Nc1cccc([N+](=O)[O-])c1. The van der Waals surface area contributed by atoms with E-state index in [-0.39, 0.29) is 18.1 Å². The summed E-state index contributed by atoms with van der Waals surface area (Å²) in [4.78, 5) is 50.1. The quantitative estimate of drug-likeness (QED) is 0.142. The van der Waals surface area contributed by atoms with Gasteiger partial charge in [0, 0.05) is 61.4 Å². The molecule has 0 bridgehead atoms. The van der Waals surface area contributed by atoms with Gasteiger partial charge in [-0.15, -0.1) is 5.10 Å². The molecule has 1 aliphatic rings. The Hall–Kier alpha value is -6.70. The molecule has 51 heavy (non-hydrogen) atoms. The zero-order chi connectivity index (χ0) is 35.2. The Labute approximate surface area is 292 Å². The summed E-state index contributed by atoms with van der Waals surface area (Å²) in [6.45, 7) is 2.50. The standard InChI is InChI=1S/C37H34N10O4/c48-34(44-19-21-45(22-20-44)36-40-32-15-6-5-14-31(32)35(41-36)27-10-2-1-3-11-27)18-17-26-9-4-7-16-33(26)46-25-29(42-43-46)24-38-37(49)39-28-12-8-13-30(23-28)47(50)51/h1-16,23,25H,17-22,24H2,(H2,38,39,49). The fourth-order valence-electron chi connectivity index (χ4n) is 6.06. The van der Waals surface area contributed by atoms with E-state index < -0.39 is 11.0 Å². The van der Waals surface area contributed by atoms with Gasteiger partial charge in [-0.3, -0.25) is 14.9 Å². The molecular weight excluding hydrogens is 648 g/mol. The molecule has 0 unspecified atom stereocenters. The van der Waals surface area contributed by atoms with Crippen molar-refractivity contribution in [3.05, 3.63) is 131 Å². The number of non-ortho nitro benzene ring substituents is 1. The maximum absolute atomic E-state index is 13.4. The van der Waals surface area contributed by atoms with Crippen molar-refractivity contribution in [3.8, 4) is 16.9 Å². The first kappa shape index (κ1) is 32.8. The molecule has 0 spiro atoms. The van der Waals surface area contributed by atoms with Crippen LogP contribution in [0.3, 0.4) is 0 Å². The molecule has 4 aromatic carbocycles. The number of benzene rings is 4. The van der Waals surface area contributed by atoms with Gasteiger partial charge in [-0.1, -0.05) is 78.0 Å². The highest BCUT2D eigenvalue weighted by Gasteiger charge is 2.24. The number of para-hydroxylation sites is 2. The number of nitrogens with one attached hydrogen (secondary N) is 2. The maximum Gasteiger partial charge on any atom is 0.319 e. The summed E-state index contributed by atoms with van der Waals surface area (Å²) in [5, 5.41) is 25.7. The Morgan fingerprint density at radius 1 is 0.843 bits per heavy atom. The zero-order valence-corrected chi connectivity index (χ0v) is 27.6.